The third-order valence-electron chi connectivity index (χ3n) is 5.49. The van der Waals surface area contributed by atoms with Crippen molar-refractivity contribution in [3.8, 4) is 5.75 Å². The first-order chi connectivity index (χ1) is 17.7. The van der Waals surface area contributed by atoms with E-state index in [1.165, 1.54) is 22.5 Å². The van der Waals surface area contributed by atoms with E-state index in [0.29, 0.717) is 16.5 Å². The average Bonchev–Trinajstić information content (AvgIpc) is 2.89. The number of ether oxygens (including phenoxy) is 1. The number of nitrogens with zero attached hydrogens (tertiary/aromatic N) is 1. The highest BCUT2D eigenvalue weighted by Gasteiger charge is 2.25. The predicted molar refractivity (Wildman–Crippen MR) is 143 cm³/mol. The SMILES string of the molecule is Cc1ccc(S(=O)(=O)N(Cc2ccc(Cl)cc2)c2ccc(OCC(=O)Nc3ccccc3F)cc2)cc1. The number of aryl methyl sites for hydroxylation is 1. The van der Waals surface area contributed by atoms with Gasteiger partial charge in [0.2, 0.25) is 0 Å². The highest BCUT2D eigenvalue weighted by atomic mass is 35.5. The maximum atomic E-state index is 13.7. The number of anilines is 2. The van der Waals surface area contributed by atoms with Gasteiger partial charge < -0.3 is 10.1 Å². The van der Waals surface area contributed by atoms with Gasteiger partial charge >= 0.3 is 0 Å². The predicted octanol–water partition coefficient (Wildman–Crippen LogP) is 6.20. The molecule has 0 saturated carbocycles. The fraction of sp³-hybridized carbons (Fsp3) is 0.107. The summed E-state index contributed by atoms with van der Waals surface area (Å²) in [6.45, 7) is 1.62. The average molecular weight is 539 g/mol. The minimum Gasteiger partial charge on any atom is -0.484 e. The van der Waals surface area contributed by atoms with E-state index in [1.807, 2.05) is 6.92 Å². The highest BCUT2D eigenvalue weighted by Crippen LogP contribution is 2.28. The van der Waals surface area contributed by atoms with Crippen LogP contribution < -0.4 is 14.4 Å². The number of benzene rings is 4. The van der Waals surface area contributed by atoms with E-state index < -0.39 is 21.7 Å². The van der Waals surface area contributed by atoms with Crippen molar-refractivity contribution in [3.05, 3.63) is 119 Å². The minimum absolute atomic E-state index is 0.0607. The Morgan fingerprint density at radius 3 is 2.22 bits per heavy atom. The standard InChI is InChI=1S/C28H24ClFN2O4S/c1-20-6-16-25(17-7-20)37(34,35)32(18-21-8-10-22(29)11-9-21)23-12-14-24(15-13-23)36-19-28(33)31-27-5-3-2-4-26(27)30/h2-17H,18-19H2,1H3,(H,31,33). The zero-order valence-electron chi connectivity index (χ0n) is 19.9. The quantitative estimate of drug-likeness (QED) is 0.275. The van der Waals surface area contributed by atoms with Gasteiger partial charge in [-0.25, -0.2) is 12.8 Å². The number of rotatable bonds is 9. The highest BCUT2D eigenvalue weighted by molar-refractivity contribution is 7.92. The van der Waals surface area contributed by atoms with Crippen LogP contribution in [0.1, 0.15) is 11.1 Å². The lowest BCUT2D eigenvalue weighted by molar-refractivity contribution is -0.118. The Hall–Kier alpha value is -3.88. The molecule has 0 aromatic heterocycles. The maximum Gasteiger partial charge on any atom is 0.264 e. The molecule has 1 N–H and O–H groups in total. The Bertz CT molecular complexity index is 1480. The largest absolute Gasteiger partial charge is 0.484 e. The van der Waals surface area contributed by atoms with Crippen molar-refractivity contribution >= 4 is 38.9 Å². The van der Waals surface area contributed by atoms with Crippen molar-refractivity contribution in [3.63, 3.8) is 0 Å². The molecule has 0 fully saturated rings. The Morgan fingerprint density at radius 1 is 0.919 bits per heavy atom. The Labute approximate surface area is 220 Å². The van der Waals surface area contributed by atoms with Crippen LogP contribution in [0.5, 0.6) is 5.75 Å². The summed E-state index contributed by atoms with van der Waals surface area (Å²) >= 11 is 6.00. The van der Waals surface area contributed by atoms with Crippen LogP contribution in [0.3, 0.4) is 0 Å². The molecule has 190 valence electrons. The van der Waals surface area contributed by atoms with Gasteiger partial charge in [-0.2, -0.15) is 0 Å². The summed E-state index contributed by atoms with van der Waals surface area (Å²) in [6.07, 6.45) is 0. The molecule has 0 heterocycles. The Balaban J connectivity index is 1.53. The number of nitrogens with one attached hydrogen (secondary N) is 1. The smallest absolute Gasteiger partial charge is 0.264 e. The summed E-state index contributed by atoms with van der Waals surface area (Å²) in [5.74, 6) is -0.720. The molecule has 37 heavy (non-hydrogen) atoms. The van der Waals surface area contributed by atoms with E-state index >= 15 is 0 Å². The van der Waals surface area contributed by atoms with Crippen molar-refractivity contribution < 1.29 is 22.3 Å². The number of carbonyl (C=O) groups excluding carboxylic acids is 1. The van der Waals surface area contributed by atoms with Gasteiger partial charge in [0.05, 0.1) is 22.8 Å². The Kier molecular flexibility index (Phi) is 8.11. The first-order valence-electron chi connectivity index (χ1n) is 11.3. The second-order valence-electron chi connectivity index (χ2n) is 8.26. The number of amides is 1. The number of hydrogen-bond donors (Lipinski definition) is 1. The molecule has 6 nitrogen and oxygen atoms in total. The van der Waals surface area contributed by atoms with E-state index in [9.17, 15) is 17.6 Å². The molecule has 0 radical (unpaired) electrons. The van der Waals surface area contributed by atoms with Gasteiger partial charge in [0.1, 0.15) is 11.6 Å². The van der Waals surface area contributed by atoms with E-state index in [4.69, 9.17) is 16.3 Å². The van der Waals surface area contributed by atoms with Crippen molar-refractivity contribution in [2.24, 2.45) is 0 Å². The van der Waals surface area contributed by atoms with Crippen molar-refractivity contribution in [1.82, 2.24) is 0 Å². The molecule has 0 saturated heterocycles. The van der Waals surface area contributed by atoms with Gasteiger partial charge in [-0.3, -0.25) is 9.10 Å². The number of hydrogen-bond acceptors (Lipinski definition) is 4. The lowest BCUT2D eigenvalue weighted by Gasteiger charge is -2.25. The zero-order chi connectivity index (χ0) is 26.4. The summed E-state index contributed by atoms with van der Waals surface area (Å²) in [7, 11) is -3.90. The first kappa shape index (κ1) is 26.2. The van der Waals surface area contributed by atoms with Crippen molar-refractivity contribution in [1.29, 1.82) is 0 Å². The fourth-order valence-corrected chi connectivity index (χ4v) is 5.09. The molecule has 4 aromatic rings. The summed E-state index contributed by atoms with van der Waals surface area (Å²) in [6, 6.07) is 25.8. The van der Waals surface area contributed by atoms with Crippen LogP contribution in [0.4, 0.5) is 15.8 Å². The van der Waals surface area contributed by atoms with Gasteiger partial charge in [-0.1, -0.05) is 53.6 Å². The first-order valence-corrected chi connectivity index (χ1v) is 13.2. The van der Waals surface area contributed by atoms with Crippen LogP contribution in [0.2, 0.25) is 5.02 Å². The summed E-state index contributed by atoms with van der Waals surface area (Å²) < 4.78 is 47.7. The molecule has 9 heteroatoms. The Morgan fingerprint density at radius 2 is 1.57 bits per heavy atom. The van der Waals surface area contributed by atoms with Gasteiger partial charge in [0.15, 0.2) is 6.61 Å². The summed E-state index contributed by atoms with van der Waals surface area (Å²) in [4.78, 5) is 12.3. The molecule has 0 atom stereocenters. The van der Waals surface area contributed by atoms with Gasteiger partial charge in [0, 0.05) is 5.02 Å². The zero-order valence-corrected chi connectivity index (χ0v) is 21.5. The number of para-hydroxylation sites is 1. The molecule has 0 aliphatic carbocycles. The normalized spacial score (nSPS) is 11.1. The maximum absolute atomic E-state index is 13.7. The topological polar surface area (TPSA) is 75.7 Å². The van der Waals surface area contributed by atoms with Crippen molar-refractivity contribution in [2.75, 3.05) is 16.2 Å². The second-order valence-corrected chi connectivity index (χ2v) is 10.6. The van der Waals surface area contributed by atoms with Gasteiger partial charge in [-0.15, -0.1) is 0 Å². The molecular weight excluding hydrogens is 515 g/mol. The summed E-state index contributed by atoms with van der Waals surface area (Å²) in [5, 5.41) is 3.00. The second kappa shape index (κ2) is 11.5. The molecular formula is C28H24ClFN2O4S. The molecule has 4 rings (SSSR count). The monoisotopic (exact) mass is 538 g/mol. The van der Waals surface area contributed by atoms with E-state index in [-0.39, 0.29) is 23.7 Å². The molecule has 1 amide bonds. The van der Waals surface area contributed by atoms with Crippen LogP contribution in [-0.4, -0.2) is 20.9 Å². The van der Waals surface area contributed by atoms with Crippen LogP contribution in [0, 0.1) is 12.7 Å². The van der Waals surface area contributed by atoms with Crippen LogP contribution >= 0.6 is 11.6 Å². The van der Waals surface area contributed by atoms with Gasteiger partial charge in [0.25, 0.3) is 15.9 Å². The molecule has 0 unspecified atom stereocenters. The molecule has 0 bridgehead atoms. The molecule has 4 aromatic carbocycles. The van der Waals surface area contributed by atoms with Crippen LogP contribution in [0.25, 0.3) is 0 Å². The van der Waals surface area contributed by atoms with Crippen LogP contribution in [0.15, 0.2) is 102 Å². The van der Waals surface area contributed by atoms with E-state index in [1.54, 1.807) is 78.9 Å². The van der Waals surface area contributed by atoms with E-state index in [2.05, 4.69) is 5.32 Å². The number of halogens is 2. The third-order valence-corrected chi connectivity index (χ3v) is 7.53. The number of carbonyl (C=O) groups is 1. The fourth-order valence-electron chi connectivity index (χ4n) is 3.51. The lowest BCUT2D eigenvalue weighted by atomic mass is 10.2. The number of sulfonamides is 1. The molecule has 0 aliphatic heterocycles. The molecule has 0 spiro atoms. The molecule has 0 aliphatic rings. The minimum atomic E-state index is -3.90. The summed E-state index contributed by atoms with van der Waals surface area (Å²) in [5.41, 5.74) is 2.18. The van der Waals surface area contributed by atoms with Crippen LogP contribution in [-0.2, 0) is 21.4 Å². The van der Waals surface area contributed by atoms with Crippen molar-refractivity contribution in [2.45, 2.75) is 18.4 Å². The van der Waals surface area contributed by atoms with Gasteiger partial charge in [-0.05, 0) is 73.2 Å². The third kappa shape index (κ3) is 6.67. The van der Waals surface area contributed by atoms with E-state index in [0.717, 1.165) is 11.1 Å². The lowest BCUT2D eigenvalue weighted by Crippen LogP contribution is -2.30.